The highest BCUT2D eigenvalue weighted by atomic mass is 31.3. The molecule has 25 heteroatoms. The maximum Gasteiger partial charge on any atom is 0.490 e. The molecule has 1 fully saturated rings. The van der Waals surface area contributed by atoms with Crippen molar-refractivity contribution in [2.45, 2.75) is 37.9 Å². The fourth-order valence-corrected chi connectivity index (χ4v) is 7.24. The van der Waals surface area contributed by atoms with Gasteiger partial charge in [0, 0.05) is 18.1 Å². The van der Waals surface area contributed by atoms with E-state index in [1.807, 2.05) is 0 Å². The second-order valence-corrected chi connectivity index (χ2v) is 13.7. The monoisotopic (exact) mass is 709 g/mol. The van der Waals surface area contributed by atoms with Gasteiger partial charge < -0.3 is 45.6 Å². The lowest BCUT2D eigenvalue weighted by atomic mass is 10.1. The van der Waals surface area contributed by atoms with E-state index >= 15 is 0 Å². The Balaban J connectivity index is 1.51. The van der Waals surface area contributed by atoms with Crippen molar-refractivity contribution in [3.8, 4) is 17.7 Å². The number of phosphoric ester groups is 1. The van der Waals surface area contributed by atoms with Gasteiger partial charge in [-0.05, 0) is 19.1 Å². The van der Waals surface area contributed by atoms with Crippen LogP contribution in [-0.2, 0) is 31.6 Å². The fraction of sp³-hybridized carbons (Fsp3) is 0.381. The normalized spacial score (nSPS) is 21.6. The van der Waals surface area contributed by atoms with Gasteiger partial charge in [0.05, 0.1) is 36.1 Å². The van der Waals surface area contributed by atoms with E-state index in [4.69, 9.17) is 30.7 Å². The number of aromatic nitrogens is 4. The van der Waals surface area contributed by atoms with Crippen molar-refractivity contribution < 1.29 is 65.9 Å². The van der Waals surface area contributed by atoms with Crippen LogP contribution in [0.1, 0.15) is 36.8 Å². The zero-order valence-electron chi connectivity index (χ0n) is 23.3. The highest BCUT2D eigenvalue weighted by Crippen LogP contribution is 2.66. The van der Waals surface area contributed by atoms with E-state index in [-0.39, 0.29) is 47.2 Å². The third kappa shape index (κ3) is 8.90. The first-order valence-corrected chi connectivity index (χ1v) is 17.2. The number of nitrogens with two attached hydrogens (primary N) is 2. The minimum Gasteiger partial charge on any atom is -0.468 e. The second-order valence-electron chi connectivity index (χ2n) is 9.33. The number of hydrogen-bond donors (Lipinski definition) is 7. The number of ether oxygens (including phenoxy) is 2. The van der Waals surface area contributed by atoms with E-state index in [2.05, 4.69) is 39.9 Å². The molecule has 250 valence electrons. The Morgan fingerprint density at radius 1 is 1.20 bits per heavy atom. The molecule has 6 atom stereocenters. The number of nitro groups is 1. The summed E-state index contributed by atoms with van der Waals surface area (Å²) in [5, 5.41) is 22.2. The number of phosphoric acid groups is 3. The third-order valence-electron chi connectivity index (χ3n) is 6.03. The molecular weight excluding hydrogens is 683 g/mol. The largest absolute Gasteiger partial charge is 0.490 e. The number of benzene rings is 1. The lowest BCUT2D eigenvalue weighted by Crippen LogP contribution is -2.26. The summed E-state index contributed by atoms with van der Waals surface area (Å²) in [6, 6.07) is 4.31. The van der Waals surface area contributed by atoms with Crippen molar-refractivity contribution in [3.05, 3.63) is 45.8 Å². The van der Waals surface area contributed by atoms with Gasteiger partial charge in [0.2, 0.25) is 11.8 Å². The van der Waals surface area contributed by atoms with Crippen LogP contribution in [0.5, 0.6) is 5.88 Å². The van der Waals surface area contributed by atoms with E-state index in [0.717, 1.165) is 0 Å². The van der Waals surface area contributed by atoms with Crippen molar-refractivity contribution >= 4 is 46.3 Å². The summed E-state index contributed by atoms with van der Waals surface area (Å²) in [6.07, 6.45) is -3.56. The number of nitrogens with zero attached hydrogens (tertiary/aromatic N) is 5. The molecule has 22 nitrogen and oxygen atoms in total. The molecule has 0 aliphatic carbocycles. The lowest BCUT2D eigenvalue weighted by Gasteiger charge is -2.19. The van der Waals surface area contributed by atoms with Crippen LogP contribution in [0.4, 0.5) is 11.6 Å². The van der Waals surface area contributed by atoms with Gasteiger partial charge >= 0.3 is 23.5 Å². The average Bonchev–Trinajstić information content (AvgIpc) is 3.51. The molecule has 1 aromatic carbocycles. The fourth-order valence-electron chi connectivity index (χ4n) is 4.21. The van der Waals surface area contributed by atoms with Crippen molar-refractivity contribution in [3.63, 3.8) is 0 Å². The minimum absolute atomic E-state index is 0.0577. The standard InChI is InChI=1S/C21H26N7O15P3/c1-11(13-5-4-12(3-2-6-22)7-14(13)28(30)31)40-20-18-19(25-21(23)26-20)27(10-24-18)17-8-15(29)16(41-17)9-39-45(35,36)43-46(37,38)42-44(32,33)34/h4-5,7,10-11,15-17,29H,6,8-9,22H2,1H3,(H,35,36)(H,37,38)(H2,23,25,26)(H2,32,33,34)/t11-,15+,16+,17+/m0/s1. The number of rotatable bonds is 12. The number of imidazole rings is 1. The Morgan fingerprint density at radius 2 is 1.91 bits per heavy atom. The SMILES string of the molecule is C[C@H](Oc1nc(N)nc2c1ncn2[C@H]1C[C@@H](O)[C@@H](COP(=O)(O)OP(=O)(O)OP(=O)(O)O)O1)c1ccc(C#CCN)cc1[N+](=O)[O-]. The molecular formula is C21H26N7O15P3. The number of hydrogen-bond acceptors (Lipinski definition) is 16. The number of nitro benzene ring substituents is 1. The number of aliphatic hydroxyl groups excluding tert-OH is 1. The lowest BCUT2D eigenvalue weighted by molar-refractivity contribution is -0.386. The Kier molecular flexibility index (Phi) is 10.6. The molecule has 3 heterocycles. The molecule has 4 rings (SSSR count). The van der Waals surface area contributed by atoms with E-state index in [1.165, 1.54) is 30.0 Å². The van der Waals surface area contributed by atoms with E-state index in [1.54, 1.807) is 6.07 Å². The molecule has 3 aromatic rings. The smallest absolute Gasteiger partial charge is 0.468 e. The van der Waals surface area contributed by atoms with E-state index in [9.17, 15) is 38.7 Å². The Hall–Kier alpha value is -3.38. The van der Waals surface area contributed by atoms with Gasteiger partial charge in [-0.3, -0.25) is 19.2 Å². The van der Waals surface area contributed by atoms with Crippen LogP contribution >= 0.6 is 23.5 Å². The summed E-state index contributed by atoms with van der Waals surface area (Å²) in [5.41, 5.74) is 11.7. The highest BCUT2D eigenvalue weighted by Gasteiger charge is 2.43. The molecule has 1 saturated heterocycles. The predicted molar refractivity (Wildman–Crippen MR) is 152 cm³/mol. The molecule has 9 N–H and O–H groups in total. The van der Waals surface area contributed by atoms with Crippen molar-refractivity contribution in [2.75, 3.05) is 18.9 Å². The van der Waals surface area contributed by atoms with Gasteiger partial charge in [0.15, 0.2) is 11.2 Å². The third-order valence-corrected chi connectivity index (χ3v) is 9.83. The van der Waals surface area contributed by atoms with Crippen molar-refractivity contribution in [1.82, 2.24) is 19.5 Å². The molecule has 0 spiro atoms. The van der Waals surface area contributed by atoms with Crippen LogP contribution in [-0.4, -0.2) is 74.5 Å². The Morgan fingerprint density at radius 3 is 2.57 bits per heavy atom. The molecule has 1 aliphatic heterocycles. The minimum atomic E-state index is -5.74. The van der Waals surface area contributed by atoms with Gasteiger partial charge in [0.25, 0.3) is 5.69 Å². The van der Waals surface area contributed by atoms with Crippen molar-refractivity contribution in [2.24, 2.45) is 5.73 Å². The molecule has 46 heavy (non-hydrogen) atoms. The Bertz CT molecular complexity index is 1840. The molecule has 0 radical (unpaired) electrons. The average molecular weight is 709 g/mol. The summed E-state index contributed by atoms with van der Waals surface area (Å²) in [5.74, 6) is 4.92. The highest BCUT2D eigenvalue weighted by molar-refractivity contribution is 7.66. The topological polar surface area (TPSA) is 337 Å². The van der Waals surface area contributed by atoms with Gasteiger partial charge in [0.1, 0.15) is 18.4 Å². The molecule has 0 bridgehead atoms. The first kappa shape index (κ1) is 35.5. The summed E-state index contributed by atoms with van der Waals surface area (Å²) in [7, 11) is -16.8. The predicted octanol–water partition coefficient (Wildman–Crippen LogP) is 0.759. The first-order chi connectivity index (χ1) is 21.4. The van der Waals surface area contributed by atoms with Crippen LogP contribution in [0.25, 0.3) is 11.2 Å². The number of nitrogen functional groups attached to an aromatic ring is 1. The number of aliphatic hydroxyl groups is 1. The van der Waals surface area contributed by atoms with Gasteiger partial charge in [-0.15, -0.1) is 0 Å². The van der Waals surface area contributed by atoms with Gasteiger partial charge in [-0.25, -0.2) is 18.7 Å². The molecule has 2 aromatic heterocycles. The second kappa shape index (κ2) is 13.8. The molecule has 0 amide bonds. The maximum atomic E-state index is 12.0. The number of anilines is 1. The summed E-state index contributed by atoms with van der Waals surface area (Å²) in [4.78, 5) is 59.8. The van der Waals surface area contributed by atoms with Crippen LogP contribution in [0.15, 0.2) is 24.5 Å². The molecule has 0 saturated carbocycles. The molecule has 1 aliphatic rings. The van der Waals surface area contributed by atoms with E-state index in [0.29, 0.717) is 5.56 Å². The van der Waals surface area contributed by atoms with Crippen molar-refractivity contribution in [1.29, 1.82) is 0 Å². The summed E-state index contributed by atoms with van der Waals surface area (Å²) in [6.45, 7) is 0.708. The van der Waals surface area contributed by atoms with E-state index < -0.39 is 59.5 Å². The zero-order chi connectivity index (χ0) is 34.0. The number of fused-ring (bicyclic) bond motifs is 1. The summed E-state index contributed by atoms with van der Waals surface area (Å²) >= 11 is 0. The maximum absolute atomic E-state index is 12.0. The van der Waals surface area contributed by atoms with Crippen LogP contribution in [0, 0.1) is 22.0 Å². The van der Waals surface area contributed by atoms with Crippen LogP contribution in [0.3, 0.4) is 0 Å². The van der Waals surface area contributed by atoms with Crippen LogP contribution < -0.4 is 16.2 Å². The first-order valence-electron chi connectivity index (χ1n) is 12.6. The van der Waals surface area contributed by atoms with Crippen LogP contribution in [0.2, 0.25) is 0 Å². The Labute approximate surface area is 257 Å². The summed E-state index contributed by atoms with van der Waals surface area (Å²) < 4.78 is 59.1. The quantitative estimate of drug-likeness (QED) is 0.0590. The van der Waals surface area contributed by atoms with Gasteiger partial charge in [-0.2, -0.15) is 18.6 Å². The zero-order valence-corrected chi connectivity index (χ0v) is 26.0. The molecule has 2 unspecified atom stereocenters. The van der Waals surface area contributed by atoms with Gasteiger partial charge in [-0.1, -0.05) is 11.8 Å².